The zero-order valence-corrected chi connectivity index (χ0v) is 14.6. The first kappa shape index (κ1) is 16.9. The van der Waals surface area contributed by atoms with Gasteiger partial charge in [-0.1, -0.05) is 6.07 Å². The maximum absolute atomic E-state index is 12.1. The Balaban J connectivity index is 1.43. The number of carbonyl (C=O) groups is 1. The molecule has 0 aliphatic carbocycles. The Morgan fingerprint density at radius 1 is 1.46 bits per heavy atom. The van der Waals surface area contributed by atoms with Crippen molar-refractivity contribution in [3.63, 3.8) is 0 Å². The Bertz CT molecular complexity index is 634. The highest BCUT2D eigenvalue weighted by atomic mass is 32.1. The molecule has 1 aliphatic rings. The van der Waals surface area contributed by atoms with Gasteiger partial charge < -0.3 is 15.5 Å². The average Bonchev–Trinajstić information content (AvgIpc) is 3.27. The summed E-state index contributed by atoms with van der Waals surface area (Å²) in [6.45, 7) is 4.11. The molecular weight excluding hydrogens is 322 g/mol. The second-order valence-electron chi connectivity index (χ2n) is 6.01. The van der Waals surface area contributed by atoms with Crippen LogP contribution in [0.15, 0.2) is 35.8 Å². The summed E-state index contributed by atoms with van der Waals surface area (Å²) < 4.78 is 0. The molecule has 0 aromatic carbocycles. The van der Waals surface area contributed by atoms with Gasteiger partial charge in [-0.05, 0) is 43.3 Å². The highest BCUT2D eigenvalue weighted by Crippen LogP contribution is 2.22. The highest BCUT2D eigenvalue weighted by Gasteiger charge is 2.25. The summed E-state index contributed by atoms with van der Waals surface area (Å²) in [4.78, 5) is 15.5. The van der Waals surface area contributed by atoms with E-state index in [0.29, 0.717) is 12.6 Å². The quantitative estimate of drug-likeness (QED) is 0.803. The van der Waals surface area contributed by atoms with Gasteiger partial charge in [0.1, 0.15) is 0 Å². The fourth-order valence-corrected chi connectivity index (χ4v) is 3.78. The Hall–Kier alpha value is -1.99. The minimum absolute atomic E-state index is 0.0277. The minimum Gasteiger partial charge on any atom is -0.351 e. The van der Waals surface area contributed by atoms with E-state index in [1.165, 1.54) is 4.88 Å². The van der Waals surface area contributed by atoms with Crippen molar-refractivity contribution in [1.29, 1.82) is 0 Å². The van der Waals surface area contributed by atoms with Crippen LogP contribution in [-0.4, -0.2) is 41.8 Å². The van der Waals surface area contributed by atoms with E-state index in [9.17, 15) is 4.79 Å². The van der Waals surface area contributed by atoms with Crippen LogP contribution in [0.3, 0.4) is 0 Å². The summed E-state index contributed by atoms with van der Waals surface area (Å²) in [5, 5.41) is 16.5. The zero-order chi connectivity index (χ0) is 16.8. The lowest BCUT2D eigenvalue weighted by molar-refractivity contribution is -0.120. The third kappa shape index (κ3) is 4.30. The summed E-state index contributed by atoms with van der Waals surface area (Å²) in [7, 11) is 0. The topological polar surface area (TPSA) is 70.2 Å². The van der Waals surface area contributed by atoms with Gasteiger partial charge in [0.25, 0.3) is 0 Å². The first-order chi connectivity index (χ1) is 11.7. The molecule has 1 aliphatic heterocycles. The molecule has 1 amide bonds. The van der Waals surface area contributed by atoms with Gasteiger partial charge in [-0.25, -0.2) is 0 Å². The van der Waals surface area contributed by atoms with E-state index >= 15 is 0 Å². The molecule has 0 saturated carbocycles. The van der Waals surface area contributed by atoms with Crippen LogP contribution >= 0.6 is 11.3 Å². The molecule has 3 rings (SSSR count). The Kier molecular flexibility index (Phi) is 5.77. The number of nitrogens with one attached hydrogen (secondary N) is 2. The molecule has 2 atom stereocenters. The lowest BCUT2D eigenvalue weighted by Gasteiger charge is -2.25. The normalized spacial score (nSPS) is 18.5. The van der Waals surface area contributed by atoms with Gasteiger partial charge in [0, 0.05) is 30.2 Å². The molecule has 2 unspecified atom stereocenters. The van der Waals surface area contributed by atoms with Gasteiger partial charge in [-0.15, -0.1) is 16.4 Å². The summed E-state index contributed by atoms with van der Waals surface area (Å²) >= 11 is 1.66. The van der Waals surface area contributed by atoms with E-state index in [-0.39, 0.29) is 11.9 Å². The number of nitrogens with zero attached hydrogens (tertiary/aromatic N) is 3. The maximum atomic E-state index is 12.1. The molecular formula is C17H23N5OS. The van der Waals surface area contributed by atoms with E-state index in [4.69, 9.17) is 0 Å². The third-order valence-electron chi connectivity index (χ3n) is 4.24. The lowest BCUT2D eigenvalue weighted by atomic mass is 10.2. The molecule has 0 spiro atoms. The summed E-state index contributed by atoms with van der Waals surface area (Å²) in [5.41, 5.74) is 0. The smallest absolute Gasteiger partial charge is 0.234 e. The van der Waals surface area contributed by atoms with Crippen LogP contribution in [0.5, 0.6) is 0 Å². The zero-order valence-electron chi connectivity index (χ0n) is 13.8. The molecule has 7 heteroatoms. The van der Waals surface area contributed by atoms with Crippen molar-refractivity contribution in [2.24, 2.45) is 0 Å². The van der Waals surface area contributed by atoms with Crippen LogP contribution in [0.25, 0.3) is 0 Å². The molecule has 6 nitrogen and oxygen atoms in total. The number of amides is 1. The fraction of sp³-hybridized carbons (Fsp3) is 0.471. The average molecular weight is 345 g/mol. The van der Waals surface area contributed by atoms with E-state index in [2.05, 4.69) is 25.7 Å². The predicted octanol–water partition coefficient (Wildman–Crippen LogP) is 1.97. The number of carbonyl (C=O) groups excluding carboxylic acids is 1. The van der Waals surface area contributed by atoms with Crippen LogP contribution in [0.1, 0.15) is 30.7 Å². The highest BCUT2D eigenvalue weighted by molar-refractivity contribution is 7.10. The Morgan fingerprint density at radius 3 is 3.12 bits per heavy atom. The maximum Gasteiger partial charge on any atom is 0.234 e. The molecule has 128 valence electrons. The first-order valence-corrected chi connectivity index (χ1v) is 9.20. The fourth-order valence-electron chi connectivity index (χ4n) is 3.05. The molecule has 2 N–H and O–H groups in total. The molecule has 0 bridgehead atoms. The van der Waals surface area contributed by atoms with Crippen LogP contribution < -0.4 is 15.5 Å². The third-order valence-corrected chi connectivity index (χ3v) is 5.30. The van der Waals surface area contributed by atoms with Gasteiger partial charge in [0.05, 0.1) is 12.6 Å². The monoisotopic (exact) mass is 345 g/mol. The van der Waals surface area contributed by atoms with Crippen LogP contribution in [0.2, 0.25) is 0 Å². The van der Waals surface area contributed by atoms with E-state index in [1.54, 1.807) is 17.5 Å². The number of rotatable bonds is 7. The van der Waals surface area contributed by atoms with Crippen LogP contribution in [-0.2, 0) is 4.79 Å². The molecule has 0 radical (unpaired) electrons. The lowest BCUT2D eigenvalue weighted by Crippen LogP contribution is -2.42. The van der Waals surface area contributed by atoms with Crippen molar-refractivity contribution >= 4 is 23.1 Å². The second-order valence-corrected chi connectivity index (χ2v) is 6.99. The molecule has 3 heterocycles. The van der Waals surface area contributed by atoms with Gasteiger partial charge in [-0.3, -0.25) is 4.79 Å². The van der Waals surface area contributed by atoms with Crippen LogP contribution in [0.4, 0.5) is 5.82 Å². The molecule has 2 aromatic rings. The molecule has 1 fully saturated rings. The Labute approximate surface area is 146 Å². The SMILES string of the molecule is CC(NC(=O)CNCC1CCCN1c1cccnn1)c1cccs1. The van der Waals surface area contributed by atoms with Crippen molar-refractivity contribution in [2.75, 3.05) is 24.5 Å². The number of aromatic nitrogens is 2. The molecule has 1 saturated heterocycles. The second kappa shape index (κ2) is 8.21. The number of hydrogen-bond acceptors (Lipinski definition) is 6. The van der Waals surface area contributed by atoms with E-state index in [1.807, 2.05) is 36.6 Å². The number of anilines is 1. The molecule has 2 aromatic heterocycles. The van der Waals surface area contributed by atoms with E-state index < -0.39 is 0 Å². The predicted molar refractivity (Wildman–Crippen MR) is 96.1 cm³/mol. The summed E-state index contributed by atoms with van der Waals surface area (Å²) in [6.07, 6.45) is 3.94. The summed E-state index contributed by atoms with van der Waals surface area (Å²) in [5.74, 6) is 0.942. The standard InChI is InChI=1S/C17H23N5OS/c1-13(15-6-4-10-24-15)20-17(23)12-18-11-14-5-3-9-22(14)16-7-2-8-19-21-16/h2,4,6-8,10,13-14,18H,3,5,9,11-12H2,1H3,(H,20,23). The van der Waals surface area contributed by atoms with Crippen molar-refractivity contribution in [2.45, 2.75) is 31.8 Å². The van der Waals surface area contributed by atoms with Gasteiger partial charge >= 0.3 is 0 Å². The van der Waals surface area contributed by atoms with E-state index in [0.717, 1.165) is 31.7 Å². The Morgan fingerprint density at radius 2 is 2.38 bits per heavy atom. The molecule has 24 heavy (non-hydrogen) atoms. The van der Waals surface area contributed by atoms with Gasteiger partial charge in [-0.2, -0.15) is 5.10 Å². The van der Waals surface area contributed by atoms with Crippen molar-refractivity contribution < 1.29 is 4.79 Å². The van der Waals surface area contributed by atoms with Gasteiger partial charge in [0.15, 0.2) is 5.82 Å². The van der Waals surface area contributed by atoms with Crippen molar-refractivity contribution in [1.82, 2.24) is 20.8 Å². The minimum atomic E-state index is 0.0277. The van der Waals surface area contributed by atoms with Gasteiger partial charge in [0.2, 0.25) is 5.91 Å². The number of hydrogen-bond donors (Lipinski definition) is 2. The first-order valence-electron chi connectivity index (χ1n) is 8.32. The van der Waals surface area contributed by atoms with Crippen LogP contribution in [0, 0.1) is 0 Å². The van der Waals surface area contributed by atoms with Crippen molar-refractivity contribution in [3.8, 4) is 0 Å². The number of thiophene rings is 1. The largest absolute Gasteiger partial charge is 0.351 e. The van der Waals surface area contributed by atoms with Crippen molar-refractivity contribution in [3.05, 3.63) is 40.7 Å². The summed E-state index contributed by atoms with van der Waals surface area (Å²) in [6, 6.07) is 8.36.